The highest BCUT2D eigenvalue weighted by molar-refractivity contribution is 5.04. The molecule has 0 aromatic carbocycles. The number of hydrogen-bond donors (Lipinski definition) is 0. The van der Waals surface area contributed by atoms with E-state index in [9.17, 15) is 0 Å². The van der Waals surface area contributed by atoms with E-state index in [0.717, 1.165) is 11.8 Å². The number of unbranched alkanes of at least 4 members (excludes halogenated alkanes) is 1. The zero-order valence-corrected chi connectivity index (χ0v) is 10.9. The highest BCUT2D eigenvalue weighted by Gasteiger charge is 2.21. The van der Waals surface area contributed by atoms with E-state index < -0.39 is 0 Å². The average Bonchev–Trinajstić information content (AvgIpc) is 2.27. The molecular formula is C15H28. The van der Waals surface area contributed by atoms with Crippen LogP contribution in [0.4, 0.5) is 0 Å². The van der Waals surface area contributed by atoms with Gasteiger partial charge in [0.05, 0.1) is 0 Å². The molecule has 88 valence electrons. The molecule has 1 aliphatic carbocycles. The second kappa shape index (κ2) is 7.09. The van der Waals surface area contributed by atoms with Crippen molar-refractivity contribution in [2.24, 2.45) is 11.8 Å². The van der Waals surface area contributed by atoms with Gasteiger partial charge in [0.1, 0.15) is 0 Å². The lowest BCUT2D eigenvalue weighted by Gasteiger charge is -2.29. The summed E-state index contributed by atoms with van der Waals surface area (Å²) in [6.45, 7) is 6.89. The number of hydrogen-bond acceptors (Lipinski definition) is 0. The summed E-state index contributed by atoms with van der Waals surface area (Å²) in [5.41, 5.74) is 1.66. The van der Waals surface area contributed by atoms with Crippen molar-refractivity contribution in [2.45, 2.75) is 72.1 Å². The van der Waals surface area contributed by atoms with Crippen LogP contribution in [0.25, 0.3) is 0 Å². The Morgan fingerprint density at radius 1 is 1.13 bits per heavy atom. The molecule has 1 rings (SSSR count). The molecule has 0 unspecified atom stereocenters. The van der Waals surface area contributed by atoms with Gasteiger partial charge in [-0.25, -0.2) is 0 Å². The molecule has 0 aliphatic heterocycles. The lowest BCUT2D eigenvalue weighted by atomic mass is 9.77. The monoisotopic (exact) mass is 208 g/mol. The maximum Gasteiger partial charge on any atom is -0.0206 e. The summed E-state index contributed by atoms with van der Waals surface area (Å²) in [4.78, 5) is 0. The molecule has 0 amide bonds. The third-order valence-electron chi connectivity index (χ3n) is 3.98. The first kappa shape index (κ1) is 12.8. The Balaban J connectivity index is 2.26. The predicted octanol–water partition coefficient (Wildman–Crippen LogP) is 5.34. The maximum absolute atomic E-state index is 2.43. The molecule has 0 heterocycles. The summed E-state index contributed by atoms with van der Waals surface area (Å²) in [6.07, 6.45) is 13.8. The molecule has 0 aromatic rings. The Morgan fingerprint density at radius 3 is 2.33 bits per heavy atom. The standard InChI is InChI=1S/C15H28/c1-4-6-8-14-9-11-15(12-10-14)13(3)7-5-2/h7,14-15H,4-6,8-12H2,1-3H3/b13-7-. The van der Waals surface area contributed by atoms with Gasteiger partial charge in [-0.3, -0.25) is 0 Å². The topological polar surface area (TPSA) is 0 Å². The Kier molecular flexibility index (Phi) is 6.05. The zero-order chi connectivity index (χ0) is 11.1. The number of rotatable bonds is 5. The van der Waals surface area contributed by atoms with E-state index in [1.54, 1.807) is 5.57 Å². The Labute approximate surface area is 96.2 Å². The highest BCUT2D eigenvalue weighted by atomic mass is 14.3. The van der Waals surface area contributed by atoms with Gasteiger partial charge in [-0.15, -0.1) is 0 Å². The lowest BCUT2D eigenvalue weighted by molar-refractivity contribution is 0.282. The largest absolute Gasteiger partial charge is 0.0856 e. The Bertz CT molecular complexity index is 182. The summed E-state index contributed by atoms with van der Waals surface area (Å²) in [5.74, 6) is 1.97. The van der Waals surface area contributed by atoms with E-state index in [0.29, 0.717) is 0 Å². The molecule has 1 fully saturated rings. The van der Waals surface area contributed by atoms with Gasteiger partial charge < -0.3 is 0 Å². The van der Waals surface area contributed by atoms with Gasteiger partial charge in [0.15, 0.2) is 0 Å². The summed E-state index contributed by atoms with van der Waals surface area (Å²) >= 11 is 0. The second-order valence-corrected chi connectivity index (χ2v) is 5.22. The van der Waals surface area contributed by atoms with Gasteiger partial charge >= 0.3 is 0 Å². The van der Waals surface area contributed by atoms with E-state index in [1.165, 1.54) is 51.4 Å². The molecule has 0 bridgehead atoms. The quantitative estimate of drug-likeness (QED) is 0.535. The molecule has 0 heteroatoms. The van der Waals surface area contributed by atoms with Crippen LogP contribution in [0, 0.1) is 11.8 Å². The van der Waals surface area contributed by atoms with Crippen LogP contribution in [-0.4, -0.2) is 0 Å². The van der Waals surface area contributed by atoms with Crippen LogP contribution >= 0.6 is 0 Å². The Hall–Kier alpha value is -0.260. The van der Waals surface area contributed by atoms with Crippen molar-refractivity contribution in [1.29, 1.82) is 0 Å². The molecular weight excluding hydrogens is 180 g/mol. The second-order valence-electron chi connectivity index (χ2n) is 5.22. The van der Waals surface area contributed by atoms with Crippen molar-refractivity contribution in [1.82, 2.24) is 0 Å². The van der Waals surface area contributed by atoms with Gasteiger partial charge in [0.25, 0.3) is 0 Å². The van der Waals surface area contributed by atoms with Crippen LogP contribution in [0.1, 0.15) is 72.1 Å². The normalized spacial score (nSPS) is 28.1. The minimum atomic E-state index is 0.919. The summed E-state index contributed by atoms with van der Waals surface area (Å²) in [5, 5.41) is 0. The SMILES string of the molecule is CC/C=C(/C)C1CCC(CCCC)CC1. The van der Waals surface area contributed by atoms with E-state index in [2.05, 4.69) is 26.8 Å². The third-order valence-corrected chi connectivity index (χ3v) is 3.98. The van der Waals surface area contributed by atoms with Crippen LogP contribution in [0.3, 0.4) is 0 Å². The van der Waals surface area contributed by atoms with Crippen molar-refractivity contribution in [3.63, 3.8) is 0 Å². The van der Waals surface area contributed by atoms with Crippen molar-refractivity contribution < 1.29 is 0 Å². The molecule has 0 N–H and O–H groups in total. The fraction of sp³-hybridized carbons (Fsp3) is 0.867. The average molecular weight is 208 g/mol. The molecule has 1 aliphatic rings. The van der Waals surface area contributed by atoms with Gasteiger partial charge in [-0.1, -0.05) is 44.8 Å². The molecule has 0 spiro atoms. The molecule has 0 radical (unpaired) electrons. The van der Waals surface area contributed by atoms with Gasteiger partial charge in [-0.2, -0.15) is 0 Å². The van der Waals surface area contributed by atoms with Crippen molar-refractivity contribution in [3.05, 3.63) is 11.6 Å². The summed E-state index contributed by atoms with van der Waals surface area (Å²) in [7, 11) is 0. The fourth-order valence-corrected chi connectivity index (χ4v) is 2.89. The van der Waals surface area contributed by atoms with Gasteiger partial charge in [-0.05, 0) is 50.9 Å². The summed E-state index contributed by atoms with van der Waals surface area (Å²) in [6, 6.07) is 0. The van der Waals surface area contributed by atoms with Crippen molar-refractivity contribution in [2.75, 3.05) is 0 Å². The minimum Gasteiger partial charge on any atom is -0.0856 e. The first-order valence-electron chi connectivity index (χ1n) is 6.94. The van der Waals surface area contributed by atoms with Crippen LogP contribution < -0.4 is 0 Å². The fourth-order valence-electron chi connectivity index (χ4n) is 2.89. The first-order chi connectivity index (χ1) is 7.27. The molecule has 0 saturated heterocycles. The van der Waals surface area contributed by atoms with E-state index >= 15 is 0 Å². The Morgan fingerprint density at radius 2 is 1.80 bits per heavy atom. The lowest BCUT2D eigenvalue weighted by Crippen LogP contribution is -2.15. The molecule has 0 atom stereocenters. The van der Waals surface area contributed by atoms with Crippen molar-refractivity contribution >= 4 is 0 Å². The van der Waals surface area contributed by atoms with E-state index in [1.807, 2.05) is 0 Å². The van der Waals surface area contributed by atoms with Gasteiger partial charge in [0, 0.05) is 0 Å². The maximum atomic E-state index is 2.43. The molecule has 0 nitrogen and oxygen atoms in total. The highest BCUT2D eigenvalue weighted by Crippen LogP contribution is 2.35. The smallest absolute Gasteiger partial charge is 0.0206 e. The molecule has 0 aromatic heterocycles. The van der Waals surface area contributed by atoms with Crippen LogP contribution in [0.2, 0.25) is 0 Å². The van der Waals surface area contributed by atoms with Crippen LogP contribution in [0.15, 0.2) is 11.6 Å². The van der Waals surface area contributed by atoms with Crippen LogP contribution in [0.5, 0.6) is 0 Å². The molecule has 1 saturated carbocycles. The predicted molar refractivity (Wildman–Crippen MR) is 69.0 cm³/mol. The van der Waals surface area contributed by atoms with Crippen LogP contribution in [-0.2, 0) is 0 Å². The van der Waals surface area contributed by atoms with E-state index in [4.69, 9.17) is 0 Å². The number of allylic oxidation sites excluding steroid dienone is 2. The van der Waals surface area contributed by atoms with Gasteiger partial charge in [0.2, 0.25) is 0 Å². The molecule has 15 heavy (non-hydrogen) atoms. The third kappa shape index (κ3) is 4.40. The minimum absolute atomic E-state index is 0.919. The first-order valence-corrected chi connectivity index (χ1v) is 6.94. The van der Waals surface area contributed by atoms with E-state index in [-0.39, 0.29) is 0 Å². The zero-order valence-electron chi connectivity index (χ0n) is 10.9. The summed E-state index contributed by atoms with van der Waals surface area (Å²) < 4.78 is 0. The van der Waals surface area contributed by atoms with Crippen molar-refractivity contribution in [3.8, 4) is 0 Å².